The van der Waals surface area contributed by atoms with E-state index in [-0.39, 0.29) is 18.7 Å². The second-order valence-electron chi connectivity index (χ2n) is 8.23. The highest BCUT2D eigenvalue weighted by Crippen LogP contribution is 2.37. The molecule has 1 aliphatic carbocycles. The largest absolute Gasteiger partial charge is 0.394 e. The van der Waals surface area contributed by atoms with Gasteiger partial charge in [0.1, 0.15) is 0 Å². The first-order valence-electron chi connectivity index (χ1n) is 9.86. The number of aliphatic hydroxyl groups excluding tert-OH is 1. The van der Waals surface area contributed by atoms with Crippen molar-refractivity contribution in [2.75, 3.05) is 6.61 Å². The van der Waals surface area contributed by atoms with Gasteiger partial charge >= 0.3 is 0 Å². The molecule has 0 amide bonds. The van der Waals surface area contributed by atoms with E-state index in [9.17, 15) is 10.2 Å². The normalized spacial score (nSPS) is 18.2. The van der Waals surface area contributed by atoms with E-state index in [1.165, 1.54) is 16.6 Å². The van der Waals surface area contributed by atoms with Gasteiger partial charge in [-0.25, -0.2) is 0 Å². The minimum Gasteiger partial charge on any atom is -0.394 e. The van der Waals surface area contributed by atoms with E-state index in [0.717, 1.165) is 40.4 Å². The number of hydrogen-bond donors (Lipinski definition) is 4. The Hall–Kier alpha value is -1.66. The lowest BCUT2D eigenvalue weighted by molar-refractivity contribution is 0.0785. The maximum Gasteiger partial charge on any atom is 0.0840 e. The molecule has 2 atom stereocenters. The molecule has 0 aliphatic heterocycles. The Morgan fingerprint density at radius 1 is 1.21 bits per heavy atom. The highest BCUT2D eigenvalue weighted by molar-refractivity contribution is 9.10. The summed E-state index contributed by atoms with van der Waals surface area (Å²) in [5, 5.41) is 25.1. The summed E-state index contributed by atoms with van der Waals surface area (Å²) in [6, 6.07) is 14.3. The lowest BCUT2D eigenvalue weighted by Gasteiger charge is -2.29. The molecule has 0 fully saturated rings. The van der Waals surface area contributed by atoms with Gasteiger partial charge in [0.05, 0.1) is 18.2 Å². The predicted octanol–water partition coefficient (Wildman–Crippen LogP) is 4.86. The van der Waals surface area contributed by atoms with Crippen LogP contribution in [0.25, 0.3) is 10.9 Å². The van der Waals surface area contributed by atoms with Gasteiger partial charge in [0.15, 0.2) is 0 Å². The number of aromatic amines is 1. The number of halogens is 1. The highest BCUT2D eigenvalue weighted by atomic mass is 79.9. The zero-order valence-corrected chi connectivity index (χ0v) is 17.9. The quantitative estimate of drug-likeness (QED) is 0.456. The summed E-state index contributed by atoms with van der Waals surface area (Å²) >= 11 is 3.58. The highest BCUT2D eigenvalue weighted by Gasteiger charge is 2.27. The number of aryl methyl sites for hydroxylation is 1. The van der Waals surface area contributed by atoms with Crippen LogP contribution in [0.2, 0.25) is 0 Å². The second-order valence-corrected chi connectivity index (χ2v) is 9.15. The van der Waals surface area contributed by atoms with E-state index in [1.54, 1.807) is 13.8 Å². The average Bonchev–Trinajstić information content (AvgIpc) is 3.04. The fraction of sp³-hybridized carbons (Fsp3) is 0.391. The Morgan fingerprint density at radius 3 is 2.64 bits per heavy atom. The fourth-order valence-electron chi connectivity index (χ4n) is 4.22. The maximum atomic E-state index is 10.2. The Morgan fingerprint density at radius 2 is 1.96 bits per heavy atom. The molecule has 0 spiro atoms. The number of nitrogens with one attached hydrogen (secondary N) is 2. The lowest BCUT2D eigenvalue weighted by atomic mass is 9.90. The summed E-state index contributed by atoms with van der Waals surface area (Å²) in [5.74, 6) is 0. The molecular formula is C23H27BrN2O2. The van der Waals surface area contributed by atoms with E-state index < -0.39 is 5.60 Å². The Balaban J connectivity index is 1.61. The smallest absolute Gasteiger partial charge is 0.0840 e. The number of hydrogen-bond acceptors (Lipinski definition) is 3. The van der Waals surface area contributed by atoms with Gasteiger partial charge < -0.3 is 15.2 Å². The van der Waals surface area contributed by atoms with Gasteiger partial charge in [-0.2, -0.15) is 0 Å². The van der Waals surface area contributed by atoms with Crippen LogP contribution in [-0.2, 0) is 12.0 Å². The molecule has 5 heteroatoms. The van der Waals surface area contributed by atoms with Crippen LogP contribution in [0.15, 0.2) is 46.9 Å². The molecule has 4 rings (SSSR count). The molecule has 1 aromatic heterocycles. The molecule has 0 saturated heterocycles. The molecule has 148 valence electrons. The van der Waals surface area contributed by atoms with E-state index in [1.807, 2.05) is 24.3 Å². The van der Waals surface area contributed by atoms with Crippen LogP contribution in [0.3, 0.4) is 0 Å². The fourth-order valence-corrected chi connectivity index (χ4v) is 4.58. The monoisotopic (exact) mass is 442 g/mol. The van der Waals surface area contributed by atoms with Crippen molar-refractivity contribution < 1.29 is 10.2 Å². The molecule has 1 heterocycles. The molecule has 2 aromatic carbocycles. The minimum atomic E-state index is -0.864. The van der Waals surface area contributed by atoms with Gasteiger partial charge in [-0.3, -0.25) is 5.32 Å². The van der Waals surface area contributed by atoms with Crippen molar-refractivity contribution in [2.45, 2.75) is 50.8 Å². The number of rotatable bonds is 5. The number of aliphatic hydroxyl groups is 2. The van der Waals surface area contributed by atoms with Crippen molar-refractivity contribution in [1.82, 2.24) is 10.3 Å². The summed E-state index contributed by atoms with van der Waals surface area (Å²) in [5.41, 5.74) is 4.82. The number of aromatic nitrogens is 1. The van der Waals surface area contributed by atoms with Gasteiger partial charge in [-0.05, 0) is 68.0 Å². The number of benzene rings is 2. The molecule has 0 radical (unpaired) electrons. The molecule has 4 N–H and O–H groups in total. The lowest BCUT2D eigenvalue weighted by Crippen LogP contribution is -2.31. The summed E-state index contributed by atoms with van der Waals surface area (Å²) in [6.45, 7) is 3.59. The van der Waals surface area contributed by atoms with E-state index in [4.69, 9.17) is 0 Å². The molecule has 1 aliphatic rings. The van der Waals surface area contributed by atoms with Gasteiger partial charge in [-0.15, -0.1) is 0 Å². The van der Waals surface area contributed by atoms with Crippen LogP contribution in [0.4, 0.5) is 0 Å². The van der Waals surface area contributed by atoms with Crippen LogP contribution >= 0.6 is 15.9 Å². The van der Waals surface area contributed by atoms with Crippen LogP contribution in [0, 0.1) is 0 Å². The Labute approximate surface area is 174 Å². The molecule has 28 heavy (non-hydrogen) atoms. The first kappa shape index (κ1) is 19.6. The Bertz CT molecular complexity index is 973. The topological polar surface area (TPSA) is 68.3 Å². The third-order valence-corrected chi connectivity index (χ3v) is 6.27. The third-order valence-electron chi connectivity index (χ3n) is 5.77. The van der Waals surface area contributed by atoms with Gasteiger partial charge in [0.25, 0.3) is 0 Å². The van der Waals surface area contributed by atoms with Crippen LogP contribution in [0.1, 0.15) is 61.2 Å². The molecule has 4 nitrogen and oxygen atoms in total. The maximum absolute atomic E-state index is 10.2. The summed E-state index contributed by atoms with van der Waals surface area (Å²) < 4.78 is 1.09. The standard InChI is InChI=1S/C23H27BrN2O2/c1-23(2,28)15-8-6-14(7-9-15)21(13-27)25-20-5-3-4-17-18-12-16(24)10-11-19(18)26-22(17)20/h6-12,20-21,25-28H,3-5,13H2,1-2H3. The number of fused-ring (bicyclic) bond motifs is 3. The van der Waals surface area contributed by atoms with Crippen LogP contribution < -0.4 is 5.32 Å². The first-order valence-corrected chi connectivity index (χ1v) is 10.7. The third kappa shape index (κ3) is 3.77. The summed E-state index contributed by atoms with van der Waals surface area (Å²) in [6.07, 6.45) is 3.24. The summed E-state index contributed by atoms with van der Waals surface area (Å²) in [7, 11) is 0. The van der Waals surface area contributed by atoms with Gasteiger partial charge in [0, 0.05) is 27.1 Å². The molecule has 2 unspecified atom stereocenters. The van der Waals surface area contributed by atoms with Crippen molar-refractivity contribution in [3.8, 4) is 0 Å². The van der Waals surface area contributed by atoms with E-state index in [2.05, 4.69) is 44.4 Å². The first-order chi connectivity index (χ1) is 13.4. The van der Waals surface area contributed by atoms with Crippen molar-refractivity contribution in [3.63, 3.8) is 0 Å². The zero-order valence-electron chi connectivity index (χ0n) is 16.3. The van der Waals surface area contributed by atoms with Crippen molar-refractivity contribution in [1.29, 1.82) is 0 Å². The van der Waals surface area contributed by atoms with Gasteiger partial charge in [-0.1, -0.05) is 40.2 Å². The van der Waals surface area contributed by atoms with Gasteiger partial charge in [0.2, 0.25) is 0 Å². The van der Waals surface area contributed by atoms with Crippen LogP contribution in [-0.4, -0.2) is 21.8 Å². The minimum absolute atomic E-state index is 0.0273. The second kappa shape index (κ2) is 7.64. The average molecular weight is 443 g/mol. The predicted molar refractivity (Wildman–Crippen MR) is 116 cm³/mol. The molecule has 0 bridgehead atoms. The van der Waals surface area contributed by atoms with Crippen molar-refractivity contribution in [2.24, 2.45) is 0 Å². The van der Waals surface area contributed by atoms with Crippen molar-refractivity contribution >= 4 is 26.8 Å². The molecular weight excluding hydrogens is 416 g/mol. The zero-order chi connectivity index (χ0) is 19.9. The van der Waals surface area contributed by atoms with E-state index in [0.29, 0.717) is 0 Å². The van der Waals surface area contributed by atoms with Crippen molar-refractivity contribution in [3.05, 3.63) is 69.3 Å². The molecule has 0 saturated carbocycles. The van der Waals surface area contributed by atoms with Crippen LogP contribution in [0.5, 0.6) is 0 Å². The number of H-pyrrole nitrogens is 1. The van der Waals surface area contributed by atoms with E-state index >= 15 is 0 Å². The summed E-state index contributed by atoms with van der Waals surface area (Å²) in [4.78, 5) is 3.61. The Kier molecular flexibility index (Phi) is 5.36. The SMILES string of the molecule is CC(C)(O)c1ccc(C(CO)NC2CCCc3c2[nH]c2ccc(Br)cc32)cc1. The molecule has 3 aromatic rings.